The molecule has 264 valence electrons. The van der Waals surface area contributed by atoms with Gasteiger partial charge in [0.2, 0.25) is 11.7 Å². The van der Waals surface area contributed by atoms with Crippen LogP contribution in [0.2, 0.25) is 0 Å². The Bertz CT molecular complexity index is 1700. The second-order valence-corrected chi connectivity index (χ2v) is 15.5. The lowest BCUT2D eigenvalue weighted by Gasteiger charge is -2.49. The first-order valence-corrected chi connectivity index (χ1v) is 18.0. The zero-order chi connectivity index (χ0) is 35.3. The van der Waals surface area contributed by atoms with E-state index < -0.39 is 77.8 Å². The summed E-state index contributed by atoms with van der Waals surface area (Å²) in [6.07, 6.45) is -3.14. The van der Waals surface area contributed by atoms with Gasteiger partial charge >= 0.3 is 11.9 Å². The van der Waals surface area contributed by atoms with Gasteiger partial charge in [-0.2, -0.15) is 5.06 Å². The zero-order valence-electron chi connectivity index (χ0n) is 28.1. The molecule has 3 aromatic carbocycles. The molecule has 3 heterocycles. The van der Waals surface area contributed by atoms with Crippen molar-refractivity contribution in [1.82, 2.24) is 10.4 Å². The Hall–Kier alpha value is -3.40. The molecule has 0 aromatic heterocycles. The van der Waals surface area contributed by atoms with E-state index in [0.717, 1.165) is 20.3 Å². The van der Waals surface area contributed by atoms with E-state index in [9.17, 15) is 19.5 Å². The summed E-state index contributed by atoms with van der Waals surface area (Å²) in [5, 5.41) is 14.9. The van der Waals surface area contributed by atoms with Crippen LogP contribution >= 0.6 is 22.6 Å². The van der Waals surface area contributed by atoms with Crippen molar-refractivity contribution in [3.8, 4) is 0 Å². The number of carbonyl (C=O) groups is 3. The number of halogens is 1. The number of benzene rings is 3. The predicted molar refractivity (Wildman–Crippen MR) is 188 cm³/mol. The summed E-state index contributed by atoms with van der Waals surface area (Å²) in [6, 6.07) is 25.0. The van der Waals surface area contributed by atoms with Gasteiger partial charge in [-0.25, -0.2) is 0 Å². The fourth-order valence-electron chi connectivity index (χ4n) is 7.70. The highest BCUT2D eigenvalue weighted by Crippen LogP contribution is 2.59. The first-order valence-electron chi connectivity index (χ1n) is 16.9. The number of amides is 1. The minimum Gasteiger partial charge on any atom is -0.460 e. The molecule has 3 aliphatic heterocycles. The summed E-state index contributed by atoms with van der Waals surface area (Å²) in [4.78, 5) is 48.2. The number of aliphatic hydroxyl groups is 1. The summed E-state index contributed by atoms with van der Waals surface area (Å²) in [5.74, 6) is -2.90. The molecule has 0 spiro atoms. The number of ether oxygens (including phenoxy) is 4. The fraction of sp³-hybridized carbons (Fsp3) is 0.447. The van der Waals surface area contributed by atoms with Crippen LogP contribution in [0.5, 0.6) is 0 Å². The van der Waals surface area contributed by atoms with Crippen LogP contribution in [-0.4, -0.2) is 76.7 Å². The first-order chi connectivity index (χ1) is 23.9. The van der Waals surface area contributed by atoms with Crippen LogP contribution in [0.25, 0.3) is 0 Å². The van der Waals surface area contributed by atoms with Crippen LogP contribution in [0.1, 0.15) is 56.7 Å². The van der Waals surface area contributed by atoms with Gasteiger partial charge in [-0.3, -0.25) is 19.2 Å². The summed E-state index contributed by atoms with van der Waals surface area (Å²) >= 11 is 2.24. The molecule has 1 saturated carbocycles. The van der Waals surface area contributed by atoms with Gasteiger partial charge in [-0.05, 0) is 61.4 Å². The van der Waals surface area contributed by atoms with Gasteiger partial charge in [0.1, 0.15) is 35.4 Å². The lowest BCUT2D eigenvalue weighted by atomic mass is 9.62. The maximum atomic E-state index is 14.8. The molecule has 11 nitrogen and oxygen atoms in total. The van der Waals surface area contributed by atoms with Gasteiger partial charge in [0.05, 0.1) is 19.2 Å². The highest BCUT2D eigenvalue weighted by molar-refractivity contribution is 14.1. The normalized spacial score (nSPS) is 28.7. The average Bonchev–Trinajstić information content (AvgIpc) is 3.67. The van der Waals surface area contributed by atoms with E-state index in [1.165, 1.54) is 0 Å². The van der Waals surface area contributed by atoms with E-state index in [2.05, 4.69) is 27.9 Å². The number of rotatable bonds is 10. The molecule has 2 N–H and O–H groups in total. The van der Waals surface area contributed by atoms with E-state index in [4.69, 9.17) is 23.8 Å². The second-order valence-electron chi connectivity index (χ2n) is 14.3. The molecule has 50 heavy (non-hydrogen) atoms. The van der Waals surface area contributed by atoms with Gasteiger partial charge in [0.25, 0.3) is 0 Å². The van der Waals surface area contributed by atoms with Crippen molar-refractivity contribution < 1.29 is 43.3 Å². The second kappa shape index (κ2) is 13.6. The number of nitrogens with one attached hydrogen (secondary N) is 1. The number of nitrogens with zero attached hydrogens (tertiary/aromatic N) is 1. The highest BCUT2D eigenvalue weighted by Gasteiger charge is 2.76. The lowest BCUT2D eigenvalue weighted by molar-refractivity contribution is -0.213. The van der Waals surface area contributed by atoms with Crippen LogP contribution in [0.3, 0.4) is 0 Å². The molecule has 4 aliphatic rings. The molecular formula is C38H41IN2O9. The largest absolute Gasteiger partial charge is 0.460 e. The molecule has 4 fully saturated rings. The van der Waals surface area contributed by atoms with Crippen molar-refractivity contribution in [1.29, 1.82) is 0 Å². The lowest BCUT2D eigenvalue weighted by Crippen LogP contribution is -2.70. The monoisotopic (exact) mass is 796 g/mol. The summed E-state index contributed by atoms with van der Waals surface area (Å²) in [7, 11) is 0. The Labute approximate surface area is 304 Å². The number of carbonyl (C=O) groups excluding carboxylic acids is 3. The van der Waals surface area contributed by atoms with Crippen molar-refractivity contribution in [2.45, 2.75) is 94.5 Å². The standard InChI is InChI=1S/C38H41IN2O9/c1-36(2,3)47-29(43)19-18-26(22-42)40-35(45)37-20-28-30-31(49-38(48-30,24-13-6-4-7-14-24)25-15-8-5-9-16-25)33(37)50-41(32(37)34(44)46-28)21-23-12-10-11-17-27(23)39/h4-17,26,28,30-33,42H,18-22H2,1-3H3,(H,40,45). The van der Waals surface area contributed by atoms with Crippen molar-refractivity contribution >= 4 is 40.4 Å². The van der Waals surface area contributed by atoms with Gasteiger partial charge in [-0.15, -0.1) is 0 Å². The van der Waals surface area contributed by atoms with Crippen LogP contribution in [0, 0.1) is 8.99 Å². The third-order valence-corrected chi connectivity index (χ3v) is 10.9. The molecule has 0 radical (unpaired) electrons. The molecule has 12 heteroatoms. The Morgan fingerprint density at radius 2 is 1.60 bits per heavy atom. The summed E-state index contributed by atoms with van der Waals surface area (Å²) in [5.41, 5.74) is 0.262. The number of hydroxylamine groups is 2. The van der Waals surface area contributed by atoms with Gasteiger partial charge in [0.15, 0.2) is 6.04 Å². The Balaban J connectivity index is 1.27. The molecule has 7 rings (SSSR count). The quantitative estimate of drug-likeness (QED) is 0.225. The van der Waals surface area contributed by atoms with Crippen molar-refractivity contribution in [2.24, 2.45) is 5.41 Å². The predicted octanol–water partition coefficient (Wildman–Crippen LogP) is 4.38. The maximum absolute atomic E-state index is 14.8. The number of esters is 2. The first kappa shape index (κ1) is 35.0. The minimum absolute atomic E-state index is 0.0132. The van der Waals surface area contributed by atoms with Gasteiger partial charge < -0.3 is 29.4 Å². The van der Waals surface area contributed by atoms with E-state index >= 15 is 0 Å². The molecule has 1 aliphatic carbocycles. The summed E-state index contributed by atoms with van der Waals surface area (Å²) in [6.45, 7) is 5.12. The Morgan fingerprint density at radius 1 is 0.980 bits per heavy atom. The fourth-order valence-corrected chi connectivity index (χ4v) is 8.25. The topological polar surface area (TPSA) is 133 Å². The Morgan fingerprint density at radius 3 is 2.22 bits per heavy atom. The molecule has 2 bridgehead atoms. The molecule has 7 atom stereocenters. The number of hydrogen-bond donors (Lipinski definition) is 2. The molecule has 3 aromatic rings. The number of fused-ring (bicyclic) bond motifs is 4. The van der Waals surface area contributed by atoms with Crippen LogP contribution in [0.15, 0.2) is 84.9 Å². The van der Waals surface area contributed by atoms with E-state index in [1.54, 1.807) is 25.8 Å². The molecule has 3 saturated heterocycles. The van der Waals surface area contributed by atoms with E-state index in [1.807, 2.05) is 84.9 Å². The number of hydrogen-bond acceptors (Lipinski definition) is 10. The van der Waals surface area contributed by atoms with E-state index in [-0.39, 0.29) is 25.8 Å². The average molecular weight is 797 g/mol. The third-order valence-electron chi connectivity index (χ3n) is 9.84. The van der Waals surface area contributed by atoms with E-state index in [0.29, 0.717) is 0 Å². The van der Waals surface area contributed by atoms with Crippen LogP contribution in [-0.2, 0) is 50.5 Å². The van der Waals surface area contributed by atoms with Crippen LogP contribution in [0.4, 0.5) is 0 Å². The number of aliphatic hydroxyl groups excluding tert-OH is 1. The zero-order valence-corrected chi connectivity index (χ0v) is 30.3. The Kier molecular flexibility index (Phi) is 9.54. The third kappa shape index (κ3) is 6.24. The maximum Gasteiger partial charge on any atom is 0.327 e. The van der Waals surface area contributed by atoms with Crippen molar-refractivity contribution in [2.75, 3.05) is 6.61 Å². The van der Waals surface area contributed by atoms with Crippen LogP contribution < -0.4 is 5.32 Å². The van der Waals surface area contributed by atoms with Gasteiger partial charge in [-0.1, -0.05) is 78.9 Å². The smallest absolute Gasteiger partial charge is 0.327 e. The molecule has 7 unspecified atom stereocenters. The minimum atomic E-state index is -1.46. The van der Waals surface area contributed by atoms with Crippen molar-refractivity contribution in [3.05, 3.63) is 105 Å². The molecule has 1 amide bonds. The SMILES string of the molecule is CC(C)(C)OC(=O)CCC(CO)NC(=O)C12CC3OC(=O)C1N(Cc1ccccc1I)OC2C1OC(c2ccccc2)(c2ccccc2)OC31. The highest BCUT2D eigenvalue weighted by atomic mass is 127. The molecular weight excluding hydrogens is 755 g/mol. The summed E-state index contributed by atoms with van der Waals surface area (Å²) < 4.78 is 26.5. The van der Waals surface area contributed by atoms with Crippen molar-refractivity contribution in [3.63, 3.8) is 0 Å². The van der Waals surface area contributed by atoms with Gasteiger partial charge in [0, 0.05) is 27.5 Å².